The van der Waals surface area contributed by atoms with Gasteiger partial charge in [-0.2, -0.15) is 5.10 Å². The number of hydrogen-bond acceptors (Lipinski definition) is 7. The van der Waals surface area contributed by atoms with Crippen molar-refractivity contribution in [2.24, 2.45) is 5.10 Å². The Balaban J connectivity index is 1.70. The summed E-state index contributed by atoms with van der Waals surface area (Å²) in [7, 11) is 0. The Morgan fingerprint density at radius 2 is 2.14 bits per heavy atom. The first-order valence-corrected chi connectivity index (χ1v) is 8.87. The van der Waals surface area contributed by atoms with Crippen molar-refractivity contribution in [2.45, 2.75) is 20.4 Å². The van der Waals surface area contributed by atoms with E-state index in [9.17, 15) is 4.79 Å². The summed E-state index contributed by atoms with van der Waals surface area (Å²) >= 11 is 11.9. The molecule has 0 unspecified atom stereocenters. The molecule has 9 nitrogen and oxygen atoms in total. The maximum Gasteiger partial charge on any atom is 0.293 e. The van der Waals surface area contributed by atoms with E-state index < -0.39 is 5.91 Å². The molecule has 0 saturated carbocycles. The van der Waals surface area contributed by atoms with Crippen molar-refractivity contribution >= 4 is 41.1 Å². The van der Waals surface area contributed by atoms with Gasteiger partial charge in [0.15, 0.2) is 5.69 Å². The van der Waals surface area contributed by atoms with Crippen molar-refractivity contribution in [3.8, 4) is 0 Å². The minimum Gasteiger partial charge on any atom is -0.383 e. The molecule has 1 amide bonds. The lowest BCUT2D eigenvalue weighted by molar-refractivity contribution is 0.0949. The molecule has 1 aromatic carbocycles. The Hall–Kier alpha value is -3.04. The molecule has 0 aliphatic heterocycles. The number of carbonyl (C=O) groups excluding carboxylic acids is 1. The second-order valence-electron chi connectivity index (χ2n) is 5.87. The molecule has 0 atom stereocenters. The first kappa shape index (κ1) is 19.7. The van der Waals surface area contributed by atoms with Gasteiger partial charge in [-0.25, -0.2) is 20.1 Å². The number of nitrogens with two attached hydrogens (primary N) is 1. The number of nitrogen functional groups attached to an aromatic ring is 1. The second-order valence-corrected chi connectivity index (χ2v) is 6.72. The van der Waals surface area contributed by atoms with Crippen LogP contribution in [-0.4, -0.2) is 37.1 Å². The summed E-state index contributed by atoms with van der Waals surface area (Å²) in [6, 6.07) is 4.95. The van der Waals surface area contributed by atoms with Crippen LogP contribution in [0.2, 0.25) is 10.0 Å². The van der Waals surface area contributed by atoms with Gasteiger partial charge in [-0.3, -0.25) is 4.79 Å². The van der Waals surface area contributed by atoms with Crippen LogP contribution < -0.4 is 11.2 Å². The minimum absolute atomic E-state index is 0.144. The van der Waals surface area contributed by atoms with Crippen LogP contribution in [0.5, 0.6) is 0 Å². The number of nitrogens with zero attached hydrogens (tertiary/aromatic N) is 6. The number of rotatable bonds is 5. The summed E-state index contributed by atoms with van der Waals surface area (Å²) in [4.78, 5) is 20.6. The van der Waals surface area contributed by atoms with E-state index in [0.29, 0.717) is 45.1 Å². The molecule has 0 radical (unpaired) electrons. The van der Waals surface area contributed by atoms with E-state index in [0.717, 1.165) is 0 Å². The third-order valence-electron chi connectivity index (χ3n) is 3.87. The third-order valence-corrected chi connectivity index (χ3v) is 4.43. The smallest absolute Gasteiger partial charge is 0.293 e. The Bertz CT molecular complexity index is 1060. The summed E-state index contributed by atoms with van der Waals surface area (Å²) in [6.07, 6.45) is 3.04. The highest BCUT2D eigenvalue weighted by Crippen LogP contribution is 2.19. The highest BCUT2D eigenvalue weighted by atomic mass is 35.5. The van der Waals surface area contributed by atoms with E-state index in [2.05, 4.69) is 30.8 Å². The van der Waals surface area contributed by atoms with E-state index in [1.165, 1.54) is 6.21 Å². The summed E-state index contributed by atoms with van der Waals surface area (Å²) in [5.74, 6) is 0.436. The molecule has 0 bridgehead atoms. The lowest BCUT2D eigenvalue weighted by Crippen LogP contribution is -2.19. The van der Waals surface area contributed by atoms with Crippen molar-refractivity contribution in [3.05, 3.63) is 62.8 Å². The molecular weight excluding hydrogens is 403 g/mol. The number of benzene rings is 1. The van der Waals surface area contributed by atoms with Gasteiger partial charge < -0.3 is 5.73 Å². The number of amides is 1. The number of aryl methyl sites for hydroxylation is 1. The maximum absolute atomic E-state index is 12.3. The van der Waals surface area contributed by atoms with Crippen LogP contribution in [0.25, 0.3) is 0 Å². The molecule has 0 fully saturated rings. The van der Waals surface area contributed by atoms with E-state index in [1.807, 2.05) is 0 Å². The van der Waals surface area contributed by atoms with Gasteiger partial charge in [0.2, 0.25) is 0 Å². The maximum atomic E-state index is 12.3. The first-order chi connectivity index (χ1) is 13.3. The summed E-state index contributed by atoms with van der Waals surface area (Å²) < 4.78 is 1.54. The summed E-state index contributed by atoms with van der Waals surface area (Å²) in [5.41, 5.74) is 10.3. The number of hydrogen-bond donors (Lipinski definition) is 2. The van der Waals surface area contributed by atoms with Gasteiger partial charge in [-0.15, -0.1) is 5.10 Å². The molecule has 3 aromatic rings. The largest absolute Gasteiger partial charge is 0.383 e. The van der Waals surface area contributed by atoms with Crippen LogP contribution in [0.3, 0.4) is 0 Å². The van der Waals surface area contributed by atoms with Crippen molar-refractivity contribution in [1.82, 2.24) is 30.4 Å². The molecule has 3 N–H and O–H groups in total. The molecular formula is C17H16Cl2N8O. The normalized spacial score (nSPS) is 11.1. The first-order valence-electron chi connectivity index (χ1n) is 8.11. The Morgan fingerprint density at radius 1 is 1.36 bits per heavy atom. The van der Waals surface area contributed by atoms with Crippen LogP contribution in [-0.2, 0) is 6.54 Å². The van der Waals surface area contributed by atoms with Gasteiger partial charge in [0.25, 0.3) is 5.91 Å². The molecule has 0 aliphatic carbocycles. The predicted octanol–water partition coefficient (Wildman–Crippen LogP) is 2.39. The van der Waals surface area contributed by atoms with E-state index >= 15 is 0 Å². The zero-order valence-corrected chi connectivity index (χ0v) is 16.5. The summed E-state index contributed by atoms with van der Waals surface area (Å²) in [5, 5.41) is 12.7. The van der Waals surface area contributed by atoms with Crippen LogP contribution in [0.15, 0.2) is 29.5 Å². The van der Waals surface area contributed by atoms with Crippen LogP contribution in [0.1, 0.15) is 33.1 Å². The number of nitrogens with one attached hydrogen (secondary N) is 1. The molecule has 2 aromatic heterocycles. The fourth-order valence-corrected chi connectivity index (χ4v) is 2.79. The minimum atomic E-state index is -0.502. The lowest BCUT2D eigenvalue weighted by Gasteiger charge is -2.06. The molecule has 0 spiro atoms. The van der Waals surface area contributed by atoms with Gasteiger partial charge in [-0.1, -0.05) is 34.5 Å². The van der Waals surface area contributed by atoms with Crippen molar-refractivity contribution in [3.63, 3.8) is 0 Å². The molecule has 28 heavy (non-hydrogen) atoms. The van der Waals surface area contributed by atoms with Gasteiger partial charge in [0.05, 0.1) is 23.5 Å². The van der Waals surface area contributed by atoms with Crippen LogP contribution >= 0.6 is 23.2 Å². The SMILES string of the molecule is Cc1ncc(Cn2nnc(C(=O)N/N=C/c3ccc(Cl)cc3Cl)c2C)c(N)n1. The number of aromatic nitrogens is 5. The van der Waals surface area contributed by atoms with E-state index in [1.54, 1.807) is 42.9 Å². The zero-order chi connectivity index (χ0) is 20.3. The standard InChI is InChI=1S/C17H16Cl2N8O/c1-9-15(17(28)25-22-7-11-3-4-13(18)5-14(11)19)24-26-27(9)8-12-6-21-10(2)23-16(12)20/h3-7H,8H2,1-2H3,(H,25,28)(H2,20,21,23)/b22-7+. The Labute approximate surface area is 170 Å². The van der Waals surface area contributed by atoms with Gasteiger partial charge in [-0.05, 0) is 26.0 Å². The van der Waals surface area contributed by atoms with Gasteiger partial charge >= 0.3 is 0 Å². The summed E-state index contributed by atoms with van der Waals surface area (Å²) in [6.45, 7) is 3.77. The Kier molecular flexibility index (Phi) is 5.86. The zero-order valence-electron chi connectivity index (χ0n) is 15.0. The van der Waals surface area contributed by atoms with Crippen LogP contribution in [0, 0.1) is 13.8 Å². The predicted molar refractivity (Wildman–Crippen MR) is 107 cm³/mol. The number of halogens is 2. The number of hydrazone groups is 1. The fraction of sp³-hybridized carbons (Fsp3) is 0.176. The van der Waals surface area contributed by atoms with Crippen molar-refractivity contribution in [1.29, 1.82) is 0 Å². The third kappa shape index (κ3) is 4.44. The number of carbonyl (C=O) groups is 1. The quantitative estimate of drug-likeness (QED) is 0.484. The van der Waals surface area contributed by atoms with Crippen LogP contribution in [0.4, 0.5) is 5.82 Å². The average molecular weight is 419 g/mol. The molecule has 0 aliphatic rings. The van der Waals surface area contributed by atoms with Gasteiger partial charge in [0.1, 0.15) is 11.6 Å². The van der Waals surface area contributed by atoms with Crippen molar-refractivity contribution < 1.29 is 4.79 Å². The topological polar surface area (TPSA) is 124 Å². The second kappa shape index (κ2) is 8.32. The fourth-order valence-electron chi connectivity index (χ4n) is 2.34. The Morgan fingerprint density at radius 3 is 2.86 bits per heavy atom. The van der Waals surface area contributed by atoms with E-state index in [4.69, 9.17) is 28.9 Å². The average Bonchev–Trinajstić information content (AvgIpc) is 3.00. The van der Waals surface area contributed by atoms with E-state index in [-0.39, 0.29) is 5.69 Å². The molecule has 3 rings (SSSR count). The molecule has 0 saturated heterocycles. The van der Waals surface area contributed by atoms with Crippen molar-refractivity contribution in [2.75, 3.05) is 5.73 Å². The molecule has 2 heterocycles. The van der Waals surface area contributed by atoms with Gasteiger partial charge in [0, 0.05) is 22.3 Å². The highest BCUT2D eigenvalue weighted by molar-refractivity contribution is 6.36. The molecule has 11 heteroatoms. The molecule has 144 valence electrons. The lowest BCUT2D eigenvalue weighted by atomic mass is 10.2. The monoisotopic (exact) mass is 418 g/mol. The number of anilines is 1. The highest BCUT2D eigenvalue weighted by Gasteiger charge is 2.17.